The Balaban J connectivity index is 2.23. The normalized spacial score (nSPS) is 10.8. The molecule has 0 unspecified atom stereocenters. The number of thiophene rings is 1. The molecule has 0 radical (unpaired) electrons. The van der Waals surface area contributed by atoms with E-state index in [0.29, 0.717) is 11.9 Å². The first-order valence-corrected chi connectivity index (χ1v) is 6.56. The van der Waals surface area contributed by atoms with Crippen LogP contribution >= 0.6 is 11.3 Å². The quantitative estimate of drug-likeness (QED) is 0.902. The minimum Gasteiger partial charge on any atom is -0.384 e. The Morgan fingerprint density at radius 1 is 1.29 bits per heavy atom. The Labute approximate surface area is 106 Å². The van der Waals surface area contributed by atoms with E-state index < -0.39 is 0 Å². The predicted octanol–water partition coefficient (Wildman–Crippen LogP) is 3.14. The van der Waals surface area contributed by atoms with Crippen molar-refractivity contribution in [3.63, 3.8) is 0 Å². The highest BCUT2D eigenvalue weighted by Crippen LogP contribution is 2.20. The lowest BCUT2D eigenvalue weighted by atomic mass is 10.3. The standard InChI is InChI=1S/C13H17N3S/c1-10(2)16(9-11-5-4-8-17-11)13-7-3-6-12(14)15-13/h3-8,10H,9H2,1-2H3,(H2,14,15). The van der Waals surface area contributed by atoms with Crippen LogP contribution in [0.15, 0.2) is 35.7 Å². The summed E-state index contributed by atoms with van der Waals surface area (Å²) >= 11 is 1.77. The molecule has 2 heterocycles. The number of nitrogens with two attached hydrogens (primary N) is 1. The first-order valence-electron chi connectivity index (χ1n) is 5.68. The second kappa shape index (κ2) is 5.19. The number of hydrogen-bond donors (Lipinski definition) is 1. The molecule has 0 fully saturated rings. The fourth-order valence-corrected chi connectivity index (χ4v) is 2.40. The van der Waals surface area contributed by atoms with Crippen molar-refractivity contribution in [3.05, 3.63) is 40.6 Å². The zero-order valence-corrected chi connectivity index (χ0v) is 10.9. The average Bonchev–Trinajstić information content (AvgIpc) is 2.78. The van der Waals surface area contributed by atoms with Crippen LogP contribution in [-0.2, 0) is 6.54 Å². The first-order chi connectivity index (χ1) is 8.16. The van der Waals surface area contributed by atoms with Gasteiger partial charge in [-0.3, -0.25) is 0 Å². The lowest BCUT2D eigenvalue weighted by molar-refractivity contribution is 0.678. The zero-order valence-electron chi connectivity index (χ0n) is 10.1. The molecule has 0 amide bonds. The van der Waals surface area contributed by atoms with Gasteiger partial charge in [-0.05, 0) is 37.4 Å². The van der Waals surface area contributed by atoms with Gasteiger partial charge in [0.1, 0.15) is 11.6 Å². The van der Waals surface area contributed by atoms with E-state index in [9.17, 15) is 0 Å². The van der Waals surface area contributed by atoms with Gasteiger partial charge in [0.15, 0.2) is 0 Å². The van der Waals surface area contributed by atoms with Crippen LogP contribution in [-0.4, -0.2) is 11.0 Å². The maximum absolute atomic E-state index is 5.73. The number of hydrogen-bond acceptors (Lipinski definition) is 4. The van der Waals surface area contributed by atoms with Crippen LogP contribution in [0.3, 0.4) is 0 Å². The summed E-state index contributed by atoms with van der Waals surface area (Å²) < 4.78 is 0. The molecular weight excluding hydrogens is 230 g/mol. The van der Waals surface area contributed by atoms with Crippen molar-refractivity contribution in [2.24, 2.45) is 0 Å². The van der Waals surface area contributed by atoms with E-state index >= 15 is 0 Å². The molecule has 2 rings (SSSR count). The summed E-state index contributed by atoms with van der Waals surface area (Å²) in [5.74, 6) is 1.51. The summed E-state index contributed by atoms with van der Waals surface area (Å²) in [7, 11) is 0. The first kappa shape index (κ1) is 11.9. The Morgan fingerprint density at radius 2 is 2.12 bits per heavy atom. The van der Waals surface area contributed by atoms with Crippen molar-refractivity contribution in [3.8, 4) is 0 Å². The predicted molar refractivity (Wildman–Crippen MR) is 74.3 cm³/mol. The minimum absolute atomic E-state index is 0.395. The van der Waals surface area contributed by atoms with E-state index in [0.717, 1.165) is 12.4 Å². The highest BCUT2D eigenvalue weighted by atomic mass is 32.1. The van der Waals surface area contributed by atoms with Gasteiger partial charge in [0, 0.05) is 10.9 Å². The molecule has 90 valence electrons. The molecule has 0 spiro atoms. The van der Waals surface area contributed by atoms with Crippen LogP contribution < -0.4 is 10.6 Å². The van der Waals surface area contributed by atoms with E-state index in [1.54, 1.807) is 11.3 Å². The summed E-state index contributed by atoms with van der Waals surface area (Å²) in [5.41, 5.74) is 5.73. The van der Waals surface area contributed by atoms with Crippen molar-refractivity contribution in [1.82, 2.24) is 4.98 Å². The second-order valence-corrected chi connectivity index (χ2v) is 5.25. The van der Waals surface area contributed by atoms with Gasteiger partial charge in [-0.15, -0.1) is 11.3 Å². The third kappa shape index (κ3) is 2.97. The molecule has 0 aliphatic rings. The van der Waals surface area contributed by atoms with Gasteiger partial charge in [-0.1, -0.05) is 12.1 Å². The van der Waals surface area contributed by atoms with Gasteiger partial charge in [0.25, 0.3) is 0 Å². The molecule has 0 aromatic carbocycles. The van der Waals surface area contributed by atoms with Gasteiger partial charge < -0.3 is 10.6 Å². The molecule has 0 saturated carbocycles. The summed E-state index contributed by atoms with van der Waals surface area (Å²) in [6, 6.07) is 10.4. The molecule has 0 bridgehead atoms. The van der Waals surface area contributed by atoms with E-state index in [-0.39, 0.29) is 0 Å². The van der Waals surface area contributed by atoms with E-state index in [4.69, 9.17) is 5.73 Å². The molecular formula is C13H17N3S. The third-order valence-electron chi connectivity index (χ3n) is 2.58. The van der Waals surface area contributed by atoms with Crippen LogP contribution in [0.4, 0.5) is 11.6 Å². The van der Waals surface area contributed by atoms with E-state index in [1.807, 2.05) is 18.2 Å². The van der Waals surface area contributed by atoms with Crippen molar-refractivity contribution < 1.29 is 0 Å². The topological polar surface area (TPSA) is 42.1 Å². The molecule has 2 aromatic rings. The number of nitrogens with zero attached hydrogens (tertiary/aromatic N) is 2. The molecule has 4 heteroatoms. The summed E-state index contributed by atoms with van der Waals surface area (Å²) in [6.07, 6.45) is 0. The number of rotatable bonds is 4. The van der Waals surface area contributed by atoms with Crippen LogP contribution in [0, 0.1) is 0 Å². The van der Waals surface area contributed by atoms with Gasteiger partial charge in [-0.25, -0.2) is 4.98 Å². The van der Waals surface area contributed by atoms with Gasteiger partial charge in [-0.2, -0.15) is 0 Å². The molecule has 0 atom stereocenters. The lowest BCUT2D eigenvalue weighted by Gasteiger charge is -2.27. The molecule has 17 heavy (non-hydrogen) atoms. The molecule has 3 nitrogen and oxygen atoms in total. The smallest absolute Gasteiger partial charge is 0.131 e. The number of pyridine rings is 1. The Bertz CT molecular complexity index is 465. The molecule has 2 N–H and O–H groups in total. The van der Waals surface area contributed by atoms with Crippen molar-refractivity contribution in [2.45, 2.75) is 26.4 Å². The van der Waals surface area contributed by atoms with Crippen molar-refractivity contribution in [2.75, 3.05) is 10.6 Å². The molecule has 2 aromatic heterocycles. The third-order valence-corrected chi connectivity index (χ3v) is 3.44. The van der Waals surface area contributed by atoms with E-state index in [2.05, 4.69) is 41.2 Å². The van der Waals surface area contributed by atoms with Crippen LogP contribution in [0.25, 0.3) is 0 Å². The molecule has 0 aliphatic carbocycles. The fourth-order valence-electron chi connectivity index (χ4n) is 1.70. The summed E-state index contributed by atoms with van der Waals surface area (Å²) in [5, 5.41) is 2.10. The molecule has 0 aliphatic heterocycles. The van der Waals surface area contributed by atoms with Crippen molar-refractivity contribution in [1.29, 1.82) is 0 Å². The highest BCUT2D eigenvalue weighted by Gasteiger charge is 2.13. The minimum atomic E-state index is 0.395. The number of anilines is 2. The molecule has 0 saturated heterocycles. The number of aromatic nitrogens is 1. The second-order valence-electron chi connectivity index (χ2n) is 4.22. The van der Waals surface area contributed by atoms with Gasteiger partial charge in [0.05, 0.1) is 6.54 Å². The zero-order chi connectivity index (χ0) is 12.3. The van der Waals surface area contributed by atoms with Crippen molar-refractivity contribution >= 4 is 23.0 Å². The van der Waals surface area contributed by atoms with Crippen LogP contribution in [0.5, 0.6) is 0 Å². The van der Waals surface area contributed by atoms with Gasteiger partial charge in [0.2, 0.25) is 0 Å². The maximum Gasteiger partial charge on any atom is 0.131 e. The Hall–Kier alpha value is -1.55. The average molecular weight is 247 g/mol. The summed E-state index contributed by atoms with van der Waals surface area (Å²) in [4.78, 5) is 7.97. The fraction of sp³-hybridized carbons (Fsp3) is 0.308. The largest absolute Gasteiger partial charge is 0.384 e. The SMILES string of the molecule is CC(C)N(Cc1cccs1)c1cccc(N)n1. The Morgan fingerprint density at radius 3 is 2.71 bits per heavy atom. The van der Waals surface area contributed by atoms with E-state index in [1.165, 1.54) is 4.88 Å². The number of nitrogen functional groups attached to an aromatic ring is 1. The van der Waals surface area contributed by atoms with Crippen LogP contribution in [0.2, 0.25) is 0 Å². The lowest BCUT2D eigenvalue weighted by Crippen LogP contribution is -2.30. The maximum atomic E-state index is 5.73. The monoisotopic (exact) mass is 247 g/mol. The highest BCUT2D eigenvalue weighted by molar-refractivity contribution is 7.09. The Kier molecular flexibility index (Phi) is 3.64. The van der Waals surface area contributed by atoms with Gasteiger partial charge >= 0.3 is 0 Å². The van der Waals surface area contributed by atoms with Crippen LogP contribution in [0.1, 0.15) is 18.7 Å². The summed E-state index contributed by atoms with van der Waals surface area (Å²) in [6.45, 7) is 5.21.